The van der Waals surface area contributed by atoms with E-state index in [4.69, 9.17) is 0 Å². The van der Waals surface area contributed by atoms with Crippen LogP contribution in [0.3, 0.4) is 0 Å². The van der Waals surface area contributed by atoms with Crippen molar-refractivity contribution in [3.8, 4) is 5.75 Å². The van der Waals surface area contributed by atoms with Crippen LogP contribution in [0.25, 0.3) is 0 Å². The summed E-state index contributed by atoms with van der Waals surface area (Å²) in [6, 6.07) is 2.46. The Morgan fingerprint density at radius 1 is 1.58 bits per heavy atom. The summed E-state index contributed by atoms with van der Waals surface area (Å²) in [6.45, 7) is 8.10. The van der Waals surface area contributed by atoms with Gasteiger partial charge in [0.1, 0.15) is 5.75 Å². The zero-order valence-corrected chi connectivity index (χ0v) is 12.8. The van der Waals surface area contributed by atoms with Gasteiger partial charge < -0.3 is 10.4 Å². The van der Waals surface area contributed by atoms with Crippen LogP contribution in [0.2, 0.25) is 0 Å². The number of hydrogen-bond donors (Lipinski definition) is 2. The van der Waals surface area contributed by atoms with Crippen molar-refractivity contribution in [3.63, 3.8) is 0 Å². The fraction of sp³-hybridized carbons (Fsp3) is 0.500. The molecule has 0 saturated carbocycles. The molecule has 0 amide bonds. The summed E-state index contributed by atoms with van der Waals surface area (Å²) in [5.74, 6) is 0.671. The minimum atomic E-state index is 0. The maximum absolute atomic E-state index is 10.5. The smallest absolute Gasteiger partial charge is 0.124 e. The van der Waals surface area contributed by atoms with Crippen molar-refractivity contribution in [1.29, 1.82) is 0 Å². The summed E-state index contributed by atoms with van der Waals surface area (Å²) in [6.07, 6.45) is 5.07. The van der Waals surface area contributed by atoms with Crippen LogP contribution in [0.1, 0.15) is 54.5 Å². The molecule has 2 N–H and O–H groups in total. The van der Waals surface area contributed by atoms with Gasteiger partial charge in [-0.25, -0.2) is 0 Å². The molecule has 2 unspecified atom stereocenters. The minimum absolute atomic E-state index is 0. The molecule has 0 bridgehead atoms. The average molecular weight is 282 g/mol. The van der Waals surface area contributed by atoms with Crippen molar-refractivity contribution in [1.82, 2.24) is 5.32 Å². The monoisotopic (exact) mass is 281 g/mol. The lowest BCUT2D eigenvalue weighted by atomic mass is 9.90. The molecule has 1 aliphatic rings. The van der Waals surface area contributed by atoms with Gasteiger partial charge in [0, 0.05) is 23.1 Å². The van der Waals surface area contributed by atoms with Crippen LogP contribution >= 0.6 is 12.4 Å². The van der Waals surface area contributed by atoms with Crippen LogP contribution in [0.5, 0.6) is 5.75 Å². The highest BCUT2D eigenvalue weighted by Crippen LogP contribution is 2.43. The number of phenolic OH excluding ortho intramolecular Hbond substituents is 1. The predicted octanol–water partition coefficient (Wildman–Crippen LogP) is 3.87. The molecular formula is C16H24ClNO. The van der Waals surface area contributed by atoms with E-state index in [1.54, 1.807) is 0 Å². The fourth-order valence-corrected chi connectivity index (χ4v) is 3.00. The third kappa shape index (κ3) is 2.65. The predicted molar refractivity (Wildman–Crippen MR) is 83.5 cm³/mol. The highest BCUT2D eigenvalue weighted by atomic mass is 35.5. The van der Waals surface area contributed by atoms with Crippen LogP contribution in [0.15, 0.2) is 18.7 Å². The van der Waals surface area contributed by atoms with Gasteiger partial charge in [0.15, 0.2) is 0 Å². The van der Waals surface area contributed by atoms with Crippen LogP contribution in [0.4, 0.5) is 0 Å². The Balaban J connectivity index is 0.00000180. The molecule has 2 rings (SSSR count). The molecule has 3 heteroatoms. The quantitative estimate of drug-likeness (QED) is 0.821. The van der Waals surface area contributed by atoms with Gasteiger partial charge in [0.25, 0.3) is 0 Å². The molecule has 0 fully saturated rings. The molecule has 2 atom stereocenters. The van der Waals surface area contributed by atoms with Gasteiger partial charge in [-0.05, 0) is 37.4 Å². The average Bonchev–Trinajstić information content (AvgIpc) is 2.83. The Hall–Kier alpha value is -0.990. The van der Waals surface area contributed by atoms with Crippen molar-refractivity contribution in [2.75, 3.05) is 7.05 Å². The number of fused-ring (bicyclic) bond motifs is 1. The van der Waals surface area contributed by atoms with E-state index >= 15 is 0 Å². The van der Waals surface area contributed by atoms with Gasteiger partial charge in [-0.2, -0.15) is 0 Å². The maximum atomic E-state index is 10.5. The number of benzene rings is 1. The Morgan fingerprint density at radius 3 is 2.79 bits per heavy atom. The van der Waals surface area contributed by atoms with E-state index < -0.39 is 0 Å². The van der Waals surface area contributed by atoms with E-state index in [2.05, 4.69) is 31.8 Å². The first-order valence-corrected chi connectivity index (χ1v) is 6.81. The zero-order chi connectivity index (χ0) is 13.3. The van der Waals surface area contributed by atoms with E-state index in [1.165, 1.54) is 11.1 Å². The largest absolute Gasteiger partial charge is 0.507 e. The number of rotatable bonds is 4. The molecule has 2 nitrogen and oxygen atoms in total. The normalized spacial score (nSPS) is 18.6. The third-order valence-electron chi connectivity index (χ3n) is 4.18. The lowest BCUT2D eigenvalue weighted by molar-refractivity contribution is 0.448. The van der Waals surface area contributed by atoms with Gasteiger partial charge in [-0.15, -0.1) is 19.0 Å². The minimum Gasteiger partial charge on any atom is -0.507 e. The number of aryl methyl sites for hydroxylation is 1. The van der Waals surface area contributed by atoms with E-state index in [0.29, 0.717) is 11.8 Å². The lowest BCUT2D eigenvalue weighted by Crippen LogP contribution is -2.14. The first-order valence-electron chi connectivity index (χ1n) is 6.81. The SMILES string of the molecule is C=CC(C)c1cc(CC)c2c(c1O)C(NC)CC2.Cl. The summed E-state index contributed by atoms with van der Waals surface area (Å²) in [4.78, 5) is 0. The molecule has 1 aromatic carbocycles. The summed E-state index contributed by atoms with van der Waals surface area (Å²) in [7, 11) is 1.97. The number of hydrogen-bond acceptors (Lipinski definition) is 2. The van der Waals surface area contributed by atoms with Gasteiger partial charge >= 0.3 is 0 Å². The van der Waals surface area contributed by atoms with Gasteiger partial charge in [0.05, 0.1) is 0 Å². The zero-order valence-electron chi connectivity index (χ0n) is 12.0. The molecule has 0 radical (unpaired) electrons. The van der Waals surface area contributed by atoms with Crippen molar-refractivity contribution >= 4 is 12.4 Å². The van der Waals surface area contributed by atoms with E-state index in [1.807, 2.05) is 13.1 Å². The number of allylic oxidation sites excluding steroid dienone is 1. The number of halogens is 1. The molecule has 0 saturated heterocycles. The number of phenols is 1. The van der Waals surface area contributed by atoms with E-state index in [9.17, 15) is 5.11 Å². The third-order valence-corrected chi connectivity index (χ3v) is 4.18. The van der Waals surface area contributed by atoms with Crippen molar-refractivity contribution in [2.45, 2.75) is 45.1 Å². The van der Waals surface area contributed by atoms with Crippen LogP contribution in [-0.2, 0) is 12.8 Å². The Kier molecular flexibility index (Phi) is 5.45. The van der Waals surface area contributed by atoms with Crippen molar-refractivity contribution in [2.24, 2.45) is 0 Å². The summed E-state index contributed by atoms with van der Waals surface area (Å²) >= 11 is 0. The van der Waals surface area contributed by atoms with Crippen LogP contribution < -0.4 is 5.32 Å². The Labute approximate surface area is 122 Å². The molecule has 0 heterocycles. The standard InChI is InChI=1S/C16H23NO.ClH/c1-5-10(3)13-9-11(6-2)12-7-8-14(17-4)15(12)16(13)18;/h5,9-10,14,17-18H,1,6-8H2,2-4H3;1H. The maximum Gasteiger partial charge on any atom is 0.124 e. The van der Waals surface area contributed by atoms with E-state index in [0.717, 1.165) is 30.4 Å². The second kappa shape index (κ2) is 6.44. The molecule has 19 heavy (non-hydrogen) atoms. The number of nitrogens with one attached hydrogen (secondary N) is 1. The summed E-state index contributed by atoms with van der Waals surface area (Å²) in [5, 5.41) is 13.9. The molecule has 1 aromatic rings. The first-order chi connectivity index (χ1) is 8.63. The Bertz CT molecular complexity index is 470. The highest BCUT2D eigenvalue weighted by Gasteiger charge is 2.29. The highest BCUT2D eigenvalue weighted by molar-refractivity contribution is 5.85. The van der Waals surface area contributed by atoms with Crippen LogP contribution in [-0.4, -0.2) is 12.2 Å². The van der Waals surface area contributed by atoms with Crippen molar-refractivity contribution < 1.29 is 5.11 Å². The van der Waals surface area contributed by atoms with Gasteiger partial charge in [0.2, 0.25) is 0 Å². The second-order valence-electron chi connectivity index (χ2n) is 5.12. The van der Waals surface area contributed by atoms with Crippen molar-refractivity contribution in [3.05, 3.63) is 41.0 Å². The molecule has 1 aliphatic carbocycles. The fourth-order valence-electron chi connectivity index (χ4n) is 3.00. The molecular weight excluding hydrogens is 258 g/mol. The number of aromatic hydroxyl groups is 1. The van der Waals surface area contributed by atoms with Gasteiger partial charge in [-0.3, -0.25) is 0 Å². The summed E-state index contributed by atoms with van der Waals surface area (Å²) < 4.78 is 0. The second-order valence-corrected chi connectivity index (χ2v) is 5.12. The molecule has 0 aromatic heterocycles. The van der Waals surface area contributed by atoms with Crippen LogP contribution in [0, 0.1) is 0 Å². The molecule has 106 valence electrons. The molecule has 0 spiro atoms. The Morgan fingerprint density at radius 2 is 2.26 bits per heavy atom. The molecule has 0 aliphatic heterocycles. The first kappa shape index (κ1) is 16.1. The van der Waals surface area contributed by atoms with E-state index in [-0.39, 0.29) is 18.3 Å². The topological polar surface area (TPSA) is 32.3 Å². The lowest BCUT2D eigenvalue weighted by Gasteiger charge is -2.19. The van der Waals surface area contributed by atoms with Gasteiger partial charge in [-0.1, -0.05) is 26.0 Å². The summed E-state index contributed by atoms with van der Waals surface area (Å²) in [5.41, 5.74) is 4.88.